The second kappa shape index (κ2) is 4.94. The molecular weight excluding hydrogens is 225 g/mol. The summed E-state index contributed by atoms with van der Waals surface area (Å²) in [5, 5.41) is 0.549. The highest BCUT2D eigenvalue weighted by Crippen LogP contribution is 2.25. The summed E-state index contributed by atoms with van der Waals surface area (Å²) in [6.07, 6.45) is -4.25. The molecule has 0 aliphatic heterocycles. The standard InChI is InChI=1S/C9H13F3N2S/c1-6-7(3-5-13)15-8(14-6)2-4-9(10,11)12/h2-5,13H2,1H3. The van der Waals surface area contributed by atoms with Gasteiger partial charge in [0.2, 0.25) is 0 Å². The minimum Gasteiger partial charge on any atom is -0.330 e. The van der Waals surface area contributed by atoms with E-state index in [4.69, 9.17) is 5.73 Å². The van der Waals surface area contributed by atoms with E-state index < -0.39 is 12.6 Å². The third-order valence-electron chi connectivity index (χ3n) is 1.93. The number of hydrogen-bond acceptors (Lipinski definition) is 3. The van der Waals surface area contributed by atoms with E-state index in [1.807, 2.05) is 0 Å². The van der Waals surface area contributed by atoms with Gasteiger partial charge in [0.1, 0.15) is 0 Å². The van der Waals surface area contributed by atoms with Crippen LogP contribution in [0.25, 0.3) is 0 Å². The lowest BCUT2D eigenvalue weighted by atomic mass is 10.3. The van der Waals surface area contributed by atoms with Gasteiger partial charge in [-0.05, 0) is 19.9 Å². The van der Waals surface area contributed by atoms with Gasteiger partial charge in [-0.2, -0.15) is 13.2 Å². The molecule has 0 radical (unpaired) electrons. The highest BCUT2D eigenvalue weighted by Gasteiger charge is 2.27. The van der Waals surface area contributed by atoms with Crippen LogP contribution in [0.5, 0.6) is 0 Å². The summed E-state index contributed by atoms with van der Waals surface area (Å²) in [5.41, 5.74) is 6.19. The van der Waals surface area contributed by atoms with E-state index >= 15 is 0 Å². The van der Waals surface area contributed by atoms with Crippen LogP contribution in [0.15, 0.2) is 0 Å². The Morgan fingerprint density at radius 1 is 1.33 bits per heavy atom. The lowest BCUT2D eigenvalue weighted by molar-refractivity contribution is -0.134. The van der Waals surface area contributed by atoms with Gasteiger partial charge in [0.15, 0.2) is 0 Å². The van der Waals surface area contributed by atoms with Gasteiger partial charge < -0.3 is 5.73 Å². The fourth-order valence-corrected chi connectivity index (χ4v) is 2.29. The molecule has 0 aromatic carbocycles. The van der Waals surface area contributed by atoms with E-state index in [-0.39, 0.29) is 6.42 Å². The third kappa shape index (κ3) is 4.17. The number of aromatic nitrogens is 1. The lowest BCUT2D eigenvalue weighted by Gasteiger charge is -2.02. The SMILES string of the molecule is Cc1nc(CCC(F)(F)F)sc1CCN. The van der Waals surface area contributed by atoms with Crippen molar-refractivity contribution in [1.82, 2.24) is 4.98 Å². The predicted molar refractivity (Wildman–Crippen MR) is 54.0 cm³/mol. The van der Waals surface area contributed by atoms with E-state index in [2.05, 4.69) is 4.98 Å². The predicted octanol–water partition coefficient (Wildman–Crippen LogP) is 2.45. The maximum Gasteiger partial charge on any atom is 0.389 e. The third-order valence-corrected chi connectivity index (χ3v) is 3.21. The molecule has 1 heterocycles. The van der Waals surface area contributed by atoms with Gasteiger partial charge in [-0.25, -0.2) is 4.98 Å². The average Bonchev–Trinajstić information content (AvgIpc) is 2.44. The maximum absolute atomic E-state index is 12.0. The minimum atomic E-state index is -4.10. The van der Waals surface area contributed by atoms with Crippen LogP contribution in [0, 0.1) is 6.92 Å². The Kier molecular flexibility index (Phi) is 4.10. The lowest BCUT2D eigenvalue weighted by Crippen LogP contribution is -2.08. The molecule has 0 bridgehead atoms. The maximum atomic E-state index is 12.0. The molecule has 0 fully saturated rings. The number of alkyl halides is 3. The van der Waals surface area contributed by atoms with Gasteiger partial charge in [0.05, 0.1) is 10.7 Å². The first kappa shape index (κ1) is 12.4. The zero-order valence-corrected chi connectivity index (χ0v) is 9.21. The molecular formula is C9H13F3N2S. The molecule has 6 heteroatoms. The zero-order chi connectivity index (χ0) is 11.5. The molecule has 0 saturated heterocycles. The van der Waals surface area contributed by atoms with Crippen LogP contribution in [0.2, 0.25) is 0 Å². The molecule has 2 N–H and O–H groups in total. The zero-order valence-electron chi connectivity index (χ0n) is 8.40. The van der Waals surface area contributed by atoms with Crippen molar-refractivity contribution < 1.29 is 13.2 Å². The van der Waals surface area contributed by atoms with Crippen molar-refractivity contribution in [3.63, 3.8) is 0 Å². The highest BCUT2D eigenvalue weighted by atomic mass is 32.1. The number of nitrogens with zero attached hydrogens (tertiary/aromatic N) is 1. The van der Waals surface area contributed by atoms with Gasteiger partial charge in [0.25, 0.3) is 0 Å². The van der Waals surface area contributed by atoms with Crippen molar-refractivity contribution in [3.8, 4) is 0 Å². The van der Waals surface area contributed by atoms with E-state index in [0.717, 1.165) is 10.6 Å². The summed E-state index contributed by atoms with van der Waals surface area (Å²) < 4.78 is 35.9. The highest BCUT2D eigenvalue weighted by molar-refractivity contribution is 7.11. The van der Waals surface area contributed by atoms with E-state index in [0.29, 0.717) is 18.0 Å². The molecule has 0 unspecified atom stereocenters. The summed E-state index contributed by atoms with van der Waals surface area (Å²) in [6.45, 7) is 2.31. The fraction of sp³-hybridized carbons (Fsp3) is 0.667. The molecule has 1 rings (SSSR count). The Morgan fingerprint density at radius 2 is 2.00 bits per heavy atom. The molecule has 1 aromatic rings. The van der Waals surface area contributed by atoms with Crippen molar-refractivity contribution in [1.29, 1.82) is 0 Å². The van der Waals surface area contributed by atoms with Crippen molar-refractivity contribution in [2.45, 2.75) is 32.4 Å². The van der Waals surface area contributed by atoms with E-state index in [1.54, 1.807) is 6.92 Å². The van der Waals surface area contributed by atoms with Gasteiger partial charge >= 0.3 is 6.18 Å². The van der Waals surface area contributed by atoms with Crippen LogP contribution in [-0.4, -0.2) is 17.7 Å². The Hall–Kier alpha value is -0.620. The molecule has 0 aliphatic carbocycles. The Balaban J connectivity index is 2.59. The van der Waals surface area contributed by atoms with Crippen LogP contribution >= 0.6 is 11.3 Å². The Labute approximate surface area is 90.3 Å². The van der Waals surface area contributed by atoms with Gasteiger partial charge in [0, 0.05) is 17.7 Å². The molecule has 0 atom stereocenters. The smallest absolute Gasteiger partial charge is 0.330 e. The normalized spacial score (nSPS) is 12.1. The van der Waals surface area contributed by atoms with Crippen LogP contribution in [0.4, 0.5) is 13.2 Å². The van der Waals surface area contributed by atoms with Crippen molar-refractivity contribution in [3.05, 3.63) is 15.6 Å². The second-order valence-electron chi connectivity index (χ2n) is 3.27. The molecule has 0 spiro atoms. The molecule has 0 amide bonds. The van der Waals surface area contributed by atoms with Gasteiger partial charge in [-0.15, -0.1) is 11.3 Å². The first-order valence-electron chi connectivity index (χ1n) is 4.64. The van der Waals surface area contributed by atoms with E-state index in [9.17, 15) is 13.2 Å². The first-order chi connectivity index (χ1) is 6.92. The molecule has 1 aromatic heterocycles. The molecule has 86 valence electrons. The molecule has 15 heavy (non-hydrogen) atoms. The topological polar surface area (TPSA) is 38.9 Å². The number of nitrogens with two attached hydrogens (primary N) is 1. The largest absolute Gasteiger partial charge is 0.389 e. The average molecular weight is 238 g/mol. The quantitative estimate of drug-likeness (QED) is 0.875. The van der Waals surface area contributed by atoms with Crippen LogP contribution < -0.4 is 5.73 Å². The first-order valence-corrected chi connectivity index (χ1v) is 5.46. The summed E-state index contributed by atoms with van der Waals surface area (Å²) in [6, 6.07) is 0. The molecule has 0 saturated carbocycles. The van der Waals surface area contributed by atoms with Crippen molar-refractivity contribution in [2.75, 3.05) is 6.54 Å². The van der Waals surface area contributed by atoms with Crippen LogP contribution in [-0.2, 0) is 12.8 Å². The number of halogens is 3. The minimum absolute atomic E-state index is 0.0282. The Morgan fingerprint density at radius 3 is 2.53 bits per heavy atom. The number of aryl methyl sites for hydroxylation is 2. The summed E-state index contributed by atoms with van der Waals surface area (Å²) >= 11 is 1.33. The number of thiazole rings is 1. The second-order valence-corrected chi connectivity index (χ2v) is 4.44. The molecule has 2 nitrogen and oxygen atoms in total. The van der Waals surface area contributed by atoms with Gasteiger partial charge in [-0.3, -0.25) is 0 Å². The van der Waals surface area contributed by atoms with Crippen LogP contribution in [0.1, 0.15) is 22.0 Å². The monoisotopic (exact) mass is 238 g/mol. The van der Waals surface area contributed by atoms with Crippen LogP contribution in [0.3, 0.4) is 0 Å². The van der Waals surface area contributed by atoms with E-state index in [1.165, 1.54) is 11.3 Å². The number of rotatable bonds is 4. The van der Waals surface area contributed by atoms with Crippen molar-refractivity contribution in [2.24, 2.45) is 5.73 Å². The summed E-state index contributed by atoms with van der Waals surface area (Å²) in [4.78, 5) is 5.09. The summed E-state index contributed by atoms with van der Waals surface area (Å²) in [5.74, 6) is 0. The summed E-state index contributed by atoms with van der Waals surface area (Å²) in [7, 11) is 0. The number of hydrogen-bond donors (Lipinski definition) is 1. The fourth-order valence-electron chi connectivity index (χ4n) is 1.21. The molecule has 0 aliphatic rings. The Bertz CT molecular complexity index is 320. The van der Waals surface area contributed by atoms with Crippen molar-refractivity contribution >= 4 is 11.3 Å². The van der Waals surface area contributed by atoms with Gasteiger partial charge in [-0.1, -0.05) is 0 Å².